The minimum absolute atomic E-state index is 0.250. The smallest absolute Gasteiger partial charge is 0.282 e. The van der Waals surface area contributed by atoms with E-state index in [1.54, 1.807) is 12.3 Å². The maximum absolute atomic E-state index is 13.5. The van der Waals surface area contributed by atoms with Gasteiger partial charge in [-0.15, -0.1) is 0 Å². The van der Waals surface area contributed by atoms with Crippen molar-refractivity contribution in [3.8, 4) is 22.9 Å². The first-order valence-electron chi connectivity index (χ1n) is 12.1. The number of ether oxygens (including phenoxy) is 2. The molecular formula is C30H22Br3N3O3. The molecule has 5 rings (SSSR count). The highest BCUT2D eigenvalue weighted by Crippen LogP contribution is 2.37. The summed E-state index contributed by atoms with van der Waals surface area (Å²) < 4.78 is 16.0. The molecule has 9 heteroatoms. The van der Waals surface area contributed by atoms with Crippen molar-refractivity contribution in [1.82, 2.24) is 9.66 Å². The average Bonchev–Trinajstić information content (AvgIpc) is 2.93. The Bertz CT molecular complexity index is 1740. The quantitative estimate of drug-likeness (QED) is 0.152. The van der Waals surface area contributed by atoms with Crippen molar-refractivity contribution >= 4 is 64.9 Å². The Hall–Kier alpha value is -3.27. The summed E-state index contributed by atoms with van der Waals surface area (Å²) in [4.78, 5) is 18.2. The van der Waals surface area contributed by atoms with Gasteiger partial charge < -0.3 is 9.47 Å². The molecule has 0 saturated heterocycles. The lowest BCUT2D eigenvalue weighted by Crippen LogP contribution is -2.20. The van der Waals surface area contributed by atoms with Gasteiger partial charge in [0.15, 0.2) is 17.3 Å². The first kappa shape index (κ1) is 27.3. The standard InChI is InChI=1S/C30H22Br3N3O3/c1-2-38-27-15-19(14-25(33)28(27)39-18-21-12-13-22(31)16-24(21)32)17-34-36-29(20-8-4-3-5-9-20)35-26-11-7-6-10-23(26)30(36)37/h3-17H,2,18H2,1H3. The van der Waals surface area contributed by atoms with Crippen LogP contribution in [0.3, 0.4) is 0 Å². The topological polar surface area (TPSA) is 65.7 Å². The van der Waals surface area contributed by atoms with Gasteiger partial charge in [-0.3, -0.25) is 4.79 Å². The number of hydrogen-bond acceptors (Lipinski definition) is 5. The second kappa shape index (κ2) is 12.3. The van der Waals surface area contributed by atoms with Crippen molar-refractivity contribution in [3.63, 3.8) is 0 Å². The second-order valence-electron chi connectivity index (χ2n) is 8.47. The van der Waals surface area contributed by atoms with Crippen molar-refractivity contribution in [2.75, 3.05) is 6.61 Å². The summed E-state index contributed by atoms with van der Waals surface area (Å²) in [5.41, 5.74) is 2.88. The first-order chi connectivity index (χ1) is 18.9. The zero-order valence-corrected chi connectivity index (χ0v) is 25.5. The van der Waals surface area contributed by atoms with Gasteiger partial charge in [0.1, 0.15) is 6.61 Å². The Balaban J connectivity index is 1.52. The van der Waals surface area contributed by atoms with Crippen molar-refractivity contribution in [1.29, 1.82) is 0 Å². The van der Waals surface area contributed by atoms with Crippen LogP contribution in [0.25, 0.3) is 22.3 Å². The summed E-state index contributed by atoms with van der Waals surface area (Å²) in [5, 5.41) is 5.07. The van der Waals surface area contributed by atoms with Crippen molar-refractivity contribution in [2.45, 2.75) is 13.5 Å². The lowest BCUT2D eigenvalue weighted by molar-refractivity contribution is 0.267. The Kier molecular flexibility index (Phi) is 8.60. The number of benzene rings is 4. The van der Waals surface area contributed by atoms with E-state index < -0.39 is 0 Å². The number of halogens is 3. The summed E-state index contributed by atoms with van der Waals surface area (Å²) in [6.45, 7) is 2.71. The van der Waals surface area contributed by atoms with E-state index in [1.165, 1.54) is 4.68 Å². The van der Waals surface area contributed by atoms with E-state index in [9.17, 15) is 4.79 Å². The molecule has 0 radical (unpaired) electrons. The fourth-order valence-corrected chi connectivity index (χ4v) is 5.72. The van der Waals surface area contributed by atoms with Crippen LogP contribution < -0.4 is 15.0 Å². The lowest BCUT2D eigenvalue weighted by Gasteiger charge is -2.15. The molecule has 6 nitrogen and oxygen atoms in total. The van der Waals surface area contributed by atoms with E-state index in [1.807, 2.05) is 85.8 Å². The van der Waals surface area contributed by atoms with E-state index in [0.29, 0.717) is 45.9 Å². The molecule has 0 unspecified atom stereocenters. The maximum Gasteiger partial charge on any atom is 0.282 e. The van der Waals surface area contributed by atoms with E-state index in [-0.39, 0.29) is 5.56 Å². The predicted octanol–water partition coefficient (Wildman–Crippen LogP) is 8.21. The van der Waals surface area contributed by atoms with Crippen LogP contribution in [0.1, 0.15) is 18.1 Å². The van der Waals surface area contributed by atoms with Crippen LogP contribution in [0.5, 0.6) is 11.5 Å². The van der Waals surface area contributed by atoms with Gasteiger partial charge in [0.25, 0.3) is 5.56 Å². The number of fused-ring (bicyclic) bond motifs is 1. The highest BCUT2D eigenvalue weighted by Gasteiger charge is 2.15. The van der Waals surface area contributed by atoms with Gasteiger partial charge in [0.05, 0.1) is 28.2 Å². The molecular weight excluding hydrogens is 690 g/mol. The van der Waals surface area contributed by atoms with Crippen LogP contribution in [0, 0.1) is 0 Å². The summed E-state index contributed by atoms with van der Waals surface area (Å²) in [6, 6.07) is 26.4. The first-order valence-corrected chi connectivity index (χ1v) is 14.5. The van der Waals surface area contributed by atoms with Gasteiger partial charge in [-0.2, -0.15) is 9.78 Å². The number of para-hydroxylation sites is 1. The molecule has 0 N–H and O–H groups in total. The fourth-order valence-electron chi connectivity index (χ4n) is 3.98. The van der Waals surface area contributed by atoms with Crippen LogP contribution >= 0.6 is 47.8 Å². The van der Waals surface area contributed by atoms with Crippen LogP contribution in [0.15, 0.2) is 108 Å². The third kappa shape index (κ3) is 6.16. The number of hydrogen-bond donors (Lipinski definition) is 0. The molecule has 1 heterocycles. The van der Waals surface area contributed by atoms with Gasteiger partial charge in [0, 0.05) is 20.1 Å². The highest BCUT2D eigenvalue weighted by atomic mass is 79.9. The van der Waals surface area contributed by atoms with Crippen molar-refractivity contribution in [2.24, 2.45) is 5.10 Å². The monoisotopic (exact) mass is 709 g/mol. The zero-order valence-electron chi connectivity index (χ0n) is 20.8. The minimum Gasteiger partial charge on any atom is -0.490 e. The van der Waals surface area contributed by atoms with Crippen LogP contribution in [-0.4, -0.2) is 22.5 Å². The number of aromatic nitrogens is 2. The predicted molar refractivity (Wildman–Crippen MR) is 166 cm³/mol. The van der Waals surface area contributed by atoms with Gasteiger partial charge in [-0.25, -0.2) is 4.98 Å². The van der Waals surface area contributed by atoms with Gasteiger partial charge in [-0.1, -0.05) is 80.4 Å². The van der Waals surface area contributed by atoms with Gasteiger partial charge in [-0.05, 0) is 64.8 Å². The molecule has 0 atom stereocenters. The maximum atomic E-state index is 13.5. The zero-order chi connectivity index (χ0) is 27.4. The normalized spacial score (nSPS) is 11.3. The third-order valence-electron chi connectivity index (χ3n) is 5.83. The van der Waals surface area contributed by atoms with E-state index in [0.717, 1.165) is 25.6 Å². The minimum atomic E-state index is -0.250. The molecule has 39 heavy (non-hydrogen) atoms. The molecule has 0 saturated carbocycles. The summed E-state index contributed by atoms with van der Waals surface area (Å²) in [5.74, 6) is 1.60. The number of rotatable bonds is 8. The lowest BCUT2D eigenvalue weighted by atomic mass is 10.2. The molecule has 0 aliphatic rings. The van der Waals surface area contributed by atoms with Crippen LogP contribution in [-0.2, 0) is 6.61 Å². The highest BCUT2D eigenvalue weighted by molar-refractivity contribution is 9.11. The molecule has 5 aromatic rings. The molecule has 0 aliphatic carbocycles. The summed E-state index contributed by atoms with van der Waals surface area (Å²) >= 11 is 10.7. The van der Waals surface area contributed by atoms with Crippen LogP contribution in [0.2, 0.25) is 0 Å². The third-order valence-corrected chi connectivity index (χ3v) is 7.65. The van der Waals surface area contributed by atoms with Crippen molar-refractivity contribution < 1.29 is 9.47 Å². The molecule has 1 aromatic heterocycles. The van der Waals surface area contributed by atoms with Crippen molar-refractivity contribution in [3.05, 3.63) is 120 Å². The van der Waals surface area contributed by atoms with Gasteiger partial charge >= 0.3 is 0 Å². The van der Waals surface area contributed by atoms with E-state index in [2.05, 4.69) is 52.9 Å². The average molecular weight is 712 g/mol. The molecule has 0 spiro atoms. The SMILES string of the molecule is CCOc1cc(C=Nn2c(-c3ccccc3)nc3ccccc3c2=O)cc(Br)c1OCc1ccc(Br)cc1Br. The Morgan fingerprint density at radius 1 is 0.897 bits per heavy atom. The summed E-state index contributed by atoms with van der Waals surface area (Å²) in [7, 11) is 0. The number of nitrogens with zero attached hydrogens (tertiary/aromatic N) is 3. The van der Waals surface area contributed by atoms with Crippen LogP contribution in [0.4, 0.5) is 0 Å². The van der Waals surface area contributed by atoms with E-state index >= 15 is 0 Å². The Morgan fingerprint density at radius 2 is 1.67 bits per heavy atom. The Labute approximate surface area is 250 Å². The second-order valence-corrected chi connectivity index (χ2v) is 11.1. The molecule has 0 bridgehead atoms. The largest absolute Gasteiger partial charge is 0.490 e. The van der Waals surface area contributed by atoms with Gasteiger partial charge in [0.2, 0.25) is 0 Å². The van der Waals surface area contributed by atoms with E-state index in [4.69, 9.17) is 14.5 Å². The molecule has 0 aliphatic heterocycles. The summed E-state index contributed by atoms with van der Waals surface area (Å²) in [6.07, 6.45) is 1.62. The molecule has 4 aromatic carbocycles. The molecule has 0 fully saturated rings. The Morgan fingerprint density at radius 3 is 2.44 bits per heavy atom. The molecule has 0 amide bonds. The fraction of sp³-hybridized carbons (Fsp3) is 0.100. The molecule has 196 valence electrons.